The maximum absolute atomic E-state index is 14.3. The van der Waals surface area contributed by atoms with Crippen molar-refractivity contribution in [1.82, 2.24) is 31.1 Å². The number of amides is 6. The molecule has 0 spiro atoms. The summed E-state index contributed by atoms with van der Waals surface area (Å²) in [5, 5.41) is 20.7. The predicted octanol–water partition coefficient (Wildman–Crippen LogP) is 0.942. The first kappa shape index (κ1) is 42.9. The summed E-state index contributed by atoms with van der Waals surface area (Å²) in [5.41, 5.74) is 6.38. The van der Waals surface area contributed by atoms with Crippen LogP contribution in [0, 0.1) is 17.8 Å². The molecule has 15 nitrogen and oxygen atoms in total. The summed E-state index contributed by atoms with van der Waals surface area (Å²) in [6, 6.07) is 3.20. The molecule has 0 saturated carbocycles. The molecule has 0 radical (unpaired) electrons. The molecule has 6 amide bonds. The number of carbonyl (C=O) groups is 7. The van der Waals surface area contributed by atoms with Gasteiger partial charge < -0.3 is 41.9 Å². The Morgan fingerprint density at radius 1 is 0.736 bits per heavy atom. The first-order valence-corrected chi connectivity index (χ1v) is 18.9. The molecule has 2 aliphatic rings. The number of nitrogens with one attached hydrogen (secondary N) is 4. The molecule has 8 atom stereocenters. The summed E-state index contributed by atoms with van der Waals surface area (Å²) >= 11 is 0. The van der Waals surface area contributed by atoms with E-state index in [1.165, 1.54) is 9.80 Å². The highest BCUT2D eigenvalue weighted by Gasteiger charge is 2.42. The van der Waals surface area contributed by atoms with Crippen LogP contribution in [0.1, 0.15) is 85.6 Å². The molecule has 1 aromatic rings. The first-order valence-electron chi connectivity index (χ1n) is 18.9. The number of rotatable bonds is 18. The lowest BCUT2D eigenvalue weighted by molar-refractivity contribution is -0.144. The van der Waals surface area contributed by atoms with Gasteiger partial charge in [0.2, 0.25) is 35.4 Å². The third-order valence-electron chi connectivity index (χ3n) is 10.6. The van der Waals surface area contributed by atoms with Gasteiger partial charge in [-0.2, -0.15) is 0 Å². The molecule has 0 aliphatic carbocycles. The standard InChI is InChI=1S/C38H59N7O8/c1-7-23(5)31(36(50)43-32(24(6)8-2)35(49)41-30(22(3)4)38(52)53)42-34(48)28-17-13-19-45(28)37(51)26(20-25-14-10-9-11-15-25)40-33(47)27-16-12-18-44(27)29(46)21-39/h9-11,14-15,22-24,26-28,30-32H,7-8,12-13,16-21,39H2,1-6H3,(H,40,47)(H,41,49)(H,42,48)(H,43,50)(H,52,53)/t23-,24-,26-,27-,28-,30-,31-,32-/m0/s1. The fraction of sp³-hybridized carbons (Fsp3) is 0.658. The van der Waals surface area contributed by atoms with E-state index >= 15 is 0 Å². The van der Waals surface area contributed by atoms with Crippen LogP contribution in [0.5, 0.6) is 0 Å². The molecule has 7 N–H and O–H groups in total. The van der Waals surface area contributed by atoms with Crippen LogP contribution in [0.25, 0.3) is 0 Å². The molecule has 1 aromatic carbocycles. The van der Waals surface area contributed by atoms with Gasteiger partial charge in [0.05, 0.1) is 6.54 Å². The van der Waals surface area contributed by atoms with Crippen LogP contribution in [-0.2, 0) is 40.0 Å². The van der Waals surface area contributed by atoms with E-state index in [9.17, 15) is 38.7 Å². The zero-order chi connectivity index (χ0) is 39.4. The van der Waals surface area contributed by atoms with Crippen molar-refractivity contribution < 1.29 is 38.7 Å². The van der Waals surface area contributed by atoms with Gasteiger partial charge in [-0.05, 0) is 49.0 Å². The molecule has 15 heteroatoms. The average molecular weight is 742 g/mol. The van der Waals surface area contributed by atoms with E-state index in [1.807, 2.05) is 44.2 Å². The van der Waals surface area contributed by atoms with E-state index in [0.29, 0.717) is 45.1 Å². The number of nitrogens with zero attached hydrogens (tertiary/aromatic N) is 2. The van der Waals surface area contributed by atoms with Gasteiger partial charge >= 0.3 is 5.97 Å². The second kappa shape index (κ2) is 20.1. The zero-order valence-corrected chi connectivity index (χ0v) is 31.9. The van der Waals surface area contributed by atoms with Gasteiger partial charge in [0.15, 0.2) is 0 Å². The van der Waals surface area contributed by atoms with E-state index in [4.69, 9.17) is 5.73 Å². The smallest absolute Gasteiger partial charge is 0.326 e. The third-order valence-corrected chi connectivity index (χ3v) is 10.6. The number of hydrogen-bond donors (Lipinski definition) is 6. The lowest BCUT2D eigenvalue weighted by atomic mass is 9.94. The van der Waals surface area contributed by atoms with E-state index in [1.54, 1.807) is 27.7 Å². The molecule has 2 heterocycles. The van der Waals surface area contributed by atoms with Crippen molar-refractivity contribution in [3.63, 3.8) is 0 Å². The number of aliphatic carboxylic acids is 1. The minimum Gasteiger partial charge on any atom is -0.480 e. The topological polar surface area (TPSA) is 220 Å². The third kappa shape index (κ3) is 11.2. The Morgan fingerprint density at radius 3 is 1.74 bits per heavy atom. The number of likely N-dealkylation sites (tertiary alicyclic amines) is 2. The number of carboxylic acid groups (broad SMARTS) is 1. The van der Waals surface area contributed by atoms with Gasteiger partial charge in [0.1, 0.15) is 36.3 Å². The second-order valence-electron chi connectivity index (χ2n) is 14.7. The number of nitrogens with two attached hydrogens (primary N) is 1. The highest BCUT2D eigenvalue weighted by Crippen LogP contribution is 2.23. The van der Waals surface area contributed by atoms with Gasteiger partial charge in [-0.25, -0.2) is 4.79 Å². The van der Waals surface area contributed by atoms with Crippen molar-refractivity contribution in [2.45, 2.75) is 123 Å². The summed E-state index contributed by atoms with van der Waals surface area (Å²) in [6.07, 6.45) is 3.11. The Hall–Kier alpha value is -4.53. The molecule has 2 aliphatic heterocycles. The largest absolute Gasteiger partial charge is 0.480 e. The molecule has 2 saturated heterocycles. The Labute approximate surface area is 312 Å². The minimum atomic E-state index is -1.18. The summed E-state index contributed by atoms with van der Waals surface area (Å²) < 4.78 is 0. The van der Waals surface area contributed by atoms with Gasteiger partial charge in [0.25, 0.3) is 0 Å². The number of carboxylic acids is 1. The fourth-order valence-electron chi connectivity index (χ4n) is 6.93. The molecule has 0 bridgehead atoms. The monoisotopic (exact) mass is 741 g/mol. The van der Waals surface area contributed by atoms with Crippen LogP contribution >= 0.6 is 0 Å². The summed E-state index contributed by atoms with van der Waals surface area (Å²) in [7, 11) is 0. The fourth-order valence-corrected chi connectivity index (χ4v) is 6.93. The highest BCUT2D eigenvalue weighted by atomic mass is 16.4. The minimum absolute atomic E-state index is 0.157. The number of carbonyl (C=O) groups excluding carboxylic acids is 6. The van der Waals surface area contributed by atoms with Crippen LogP contribution in [0.4, 0.5) is 0 Å². The van der Waals surface area contributed by atoms with Crippen LogP contribution in [0.2, 0.25) is 0 Å². The predicted molar refractivity (Wildman–Crippen MR) is 198 cm³/mol. The van der Waals surface area contributed by atoms with Crippen LogP contribution in [-0.4, -0.2) is 112 Å². The molecular weight excluding hydrogens is 682 g/mol. The van der Waals surface area contributed by atoms with Gasteiger partial charge in [-0.3, -0.25) is 28.8 Å². The second-order valence-corrected chi connectivity index (χ2v) is 14.7. The molecule has 0 unspecified atom stereocenters. The summed E-state index contributed by atoms with van der Waals surface area (Å²) in [6.45, 7) is 11.1. The van der Waals surface area contributed by atoms with Gasteiger partial charge in [-0.1, -0.05) is 84.7 Å². The van der Waals surface area contributed by atoms with Crippen molar-refractivity contribution in [1.29, 1.82) is 0 Å². The molecule has 53 heavy (non-hydrogen) atoms. The van der Waals surface area contributed by atoms with Crippen molar-refractivity contribution in [3.05, 3.63) is 35.9 Å². The average Bonchev–Trinajstić information content (AvgIpc) is 3.84. The SMILES string of the molecule is CC[C@H](C)[C@H](NC(=O)[C@@H](NC(=O)[C@@H]1CCCN1C(=O)[C@H](Cc1ccccc1)NC(=O)[C@@H]1CCCN1C(=O)CN)[C@@H](C)CC)C(=O)N[C@H](C(=O)O)C(C)C. The van der Waals surface area contributed by atoms with Crippen LogP contribution in [0.3, 0.4) is 0 Å². The van der Waals surface area contributed by atoms with Crippen molar-refractivity contribution in [3.8, 4) is 0 Å². The number of benzene rings is 1. The quantitative estimate of drug-likeness (QED) is 0.126. The Bertz CT molecular complexity index is 1460. The van der Waals surface area contributed by atoms with Gasteiger partial charge in [0, 0.05) is 19.5 Å². The Balaban J connectivity index is 1.82. The lowest BCUT2D eigenvalue weighted by Crippen LogP contribution is -2.61. The summed E-state index contributed by atoms with van der Waals surface area (Å²) in [4.78, 5) is 96.2. The van der Waals surface area contributed by atoms with Crippen LogP contribution in [0.15, 0.2) is 30.3 Å². The molecule has 0 aromatic heterocycles. The molecule has 3 rings (SSSR count). The molecular formula is C38H59N7O8. The summed E-state index contributed by atoms with van der Waals surface area (Å²) in [5.74, 6) is -5.31. The van der Waals surface area contributed by atoms with Crippen molar-refractivity contribution in [2.75, 3.05) is 19.6 Å². The maximum atomic E-state index is 14.3. The van der Waals surface area contributed by atoms with Crippen LogP contribution < -0.4 is 27.0 Å². The Morgan fingerprint density at radius 2 is 1.23 bits per heavy atom. The normalized spacial score (nSPS) is 20.5. The zero-order valence-electron chi connectivity index (χ0n) is 31.9. The maximum Gasteiger partial charge on any atom is 0.326 e. The number of hydrogen-bond acceptors (Lipinski definition) is 8. The van der Waals surface area contributed by atoms with Crippen molar-refractivity contribution in [2.24, 2.45) is 23.5 Å². The molecule has 294 valence electrons. The van der Waals surface area contributed by atoms with Crippen molar-refractivity contribution >= 4 is 41.4 Å². The van der Waals surface area contributed by atoms with E-state index in [2.05, 4.69) is 21.3 Å². The molecule has 2 fully saturated rings. The van der Waals surface area contributed by atoms with E-state index in [0.717, 1.165) is 5.56 Å². The highest BCUT2D eigenvalue weighted by molar-refractivity contribution is 5.97. The van der Waals surface area contributed by atoms with E-state index < -0.39 is 77.7 Å². The van der Waals surface area contributed by atoms with E-state index in [-0.39, 0.29) is 37.3 Å². The first-order chi connectivity index (χ1) is 25.1. The van der Waals surface area contributed by atoms with Gasteiger partial charge in [-0.15, -0.1) is 0 Å². The lowest BCUT2D eigenvalue weighted by Gasteiger charge is -2.33. The Kier molecular flexibility index (Phi) is 16.2.